The maximum absolute atomic E-state index is 13.2. The van der Waals surface area contributed by atoms with Crippen molar-refractivity contribution in [2.75, 3.05) is 11.9 Å². The van der Waals surface area contributed by atoms with E-state index in [9.17, 15) is 13.6 Å². The summed E-state index contributed by atoms with van der Waals surface area (Å²) in [6.45, 7) is 0.105. The summed E-state index contributed by atoms with van der Waals surface area (Å²) in [6, 6.07) is 3.00. The minimum atomic E-state index is -0.784. The van der Waals surface area contributed by atoms with E-state index in [4.69, 9.17) is 5.11 Å². The highest BCUT2D eigenvalue weighted by Gasteiger charge is 2.07. The third-order valence-corrected chi connectivity index (χ3v) is 2.27. The van der Waals surface area contributed by atoms with Crippen LogP contribution in [0.3, 0.4) is 0 Å². The van der Waals surface area contributed by atoms with Gasteiger partial charge in [0.05, 0.1) is 5.69 Å². The highest BCUT2D eigenvalue weighted by Crippen LogP contribution is 2.15. The zero-order valence-corrected chi connectivity index (χ0v) is 9.38. The molecule has 0 spiro atoms. The fraction of sp³-hybridized carbons (Fsp3) is 0.417. The molecule has 5 heteroatoms. The predicted molar refractivity (Wildman–Crippen MR) is 60.5 cm³/mol. The summed E-state index contributed by atoms with van der Waals surface area (Å²) in [5.74, 6) is -1.77. The van der Waals surface area contributed by atoms with Crippen molar-refractivity contribution in [2.45, 2.75) is 25.7 Å². The molecular weight excluding hydrogens is 228 g/mol. The maximum atomic E-state index is 13.2. The Morgan fingerprint density at radius 3 is 2.65 bits per heavy atom. The van der Waals surface area contributed by atoms with Gasteiger partial charge in [0.15, 0.2) is 0 Å². The first-order chi connectivity index (χ1) is 8.13. The number of rotatable bonds is 6. The van der Waals surface area contributed by atoms with Gasteiger partial charge in [-0.25, -0.2) is 8.78 Å². The molecule has 1 aromatic rings. The van der Waals surface area contributed by atoms with E-state index in [1.165, 1.54) is 6.07 Å². The molecule has 0 saturated heterocycles. The fourth-order valence-electron chi connectivity index (χ4n) is 1.38. The first-order valence-corrected chi connectivity index (χ1v) is 5.49. The molecule has 0 fully saturated rings. The molecule has 2 N–H and O–H groups in total. The third-order valence-electron chi connectivity index (χ3n) is 2.27. The lowest BCUT2D eigenvalue weighted by Gasteiger charge is -2.06. The van der Waals surface area contributed by atoms with Crippen LogP contribution in [0.25, 0.3) is 0 Å². The number of unbranched alkanes of at least 4 members (excludes halogenated alkanes) is 2. The lowest BCUT2D eigenvalue weighted by Crippen LogP contribution is -2.12. The second kappa shape index (κ2) is 6.96. The van der Waals surface area contributed by atoms with Crippen LogP contribution >= 0.6 is 0 Å². The summed E-state index contributed by atoms with van der Waals surface area (Å²) in [7, 11) is 0. The van der Waals surface area contributed by atoms with Gasteiger partial charge in [-0.3, -0.25) is 4.79 Å². The Balaban J connectivity index is 2.40. The van der Waals surface area contributed by atoms with Gasteiger partial charge in [0.2, 0.25) is 5.91 Å². The van der Waals surface area contributed by atoms with E-state index in [1.807, 2.05) is 0 Å². The van der Waals surface area contributed by atoms with Gasteiger partial charge in [-0.05, 0) is 25.0 Å². The molecule has 0 saturated carbocycles. The first-order valence-electron chi connectivity index (χ1n) is 5.49. The highest BCUT2D eigenvalue weighted by atomic mass is 19.1. The van der Waals surface area contributed by atoms with E-state index in [1.54, 1.807) is 0 Å². The summed E-state index contributed by atoms with van der Waals surface area (Å²) in [5, 5.41) is 10.9. The number of halogens is 2. The van der Waals surface area contributed by atoms with Crippen molar-refractivity contribution in [1.82, 2.24) is 0 Å². The number of hydrogen-bond acceptors (Lipinski definition) is 2. The highest BCUT2D eigenvalue weighted by molar-refractivity contribution is 5.90. The molecule has 0 aliphatic heterocycles. The first kappa shape index (κ1) is 13.6. The third kappa shape index (κ3) is 4.91. The summed E-state index contributed by atoms with van der Waals surface area (Å²) in [6.07, 6.45) is 2.29. The van der Waals surface area contributed by atoms with Crippen LogP contribution in [0, 0.1) is 11.6 Å². The Morgan fingerprint density at radius 1 is 1.24 bits per heavy atom. The number of aliphatic hydroxyl groups excluding tert-OH is 1. The monoisotopic (exact) mass is 243 g/mol. The average Bonchev–Trinajstić information content (AvgIpc) is 2.28. The van der Waals surface area contributed by atoms with Crippen LogP contribution in [0.15, 0.2) is 18.2 Å². The topological polar surface area (TPSA) is 49.3 Å². The van der Waals surface area contributed by atoms with Crippen LogP contribution in [-0.2, 0) is 4.79 Å². The normalized spacial score (nSPS) is 10.3. The molecule has 0 heterocycles. The molecule has 0 aromatic heterocycles. The largest absolute Gasteiger partial charge is 0.396 e. The Kier molecular flexibility index (Phi) is 5.56. The summed E-state index contributed by atoms with van der Waals surface area (Å²) < 4.78 is 25.8. The lowest BCUT2D eigenvalue weighted by atomic mass is 10.2. The van der Waals surface area contributed by atoms with Crippen LogP contribution in [0.4, 0.5) is 14.5 Å². The minimum Gasteiger partial charge on any atom is -0.396 e. The van der Waals surface area contributed by atoms with Gasteiger partial charge >= 0.3 is 0 Å². The van der Waals surface area contributed by atoms with Crippen molar-refractivity contribution < 1.29 is 18.7 Å². The second-order valence-corrected chi connectivity index (χ2v) is 3.71. The molecule has 1 amide bonds. The van der Waals surface area contributed by atoms with E-state index in [0.717, 1.165) is 18.6 Å². The molecule has 0 bridgehead atoms. The van der Waals surface area contributed by atoms with Crippen LogP contribution in [0.5, 0.6) is 0 Å². The maximum Gasteiger partial charge on any atom is 0.224 e. The van der Waals surface area contributed by atoms with Gasteiger partial charge in [0.25, 0.3) is 0 Å². The van der Waals surface area contributed by atoms with Gasteiger partial charge in [0.1, 0.15) is 11.6 Å². The smallest absolute Gasteiger partial charge is 0.224 e. The number of amides is 1. The van der Waals surface area contributed by atoms with Crippen molar-refractivity contribution in [2.24, 2.45) is 0 Å². The van der Waals surface area contributed by atoms with Crippen LogP contribution in [-0.4, -0.2) is 17.6 Å². The SMILES string of the molecule is O=C(CCCCCO)Nc1ccc(F)cc1F. The molecule has 1 aromatic carbocycles. The number of benzene rings is 1. The number of carbonyl (C=O) groups is 1. The molecule has 0 aliphatic carbocycles. The van der Waals surface area contributed by atoms with Gasteiger partial charge in [0, 0.05) is 19.1 Å². The van der Waals surface area contributed by atoms with Crippen molar-refractivity contribution in [1.29, 1.82) is 0 Å². The second-order valence-electron chi connectivity index (χ2n) is 3.71. The molecule has 1 rings (SSSR count). The van der Waals surface area contributed by atoms with Gasteiger partial charge in [-0.1, -0.05) is 6.42 Å². The molecule has 17 heavy (non-hydrogen) atoms. The molecule has 0 unspecified atom stereocenters. The van der Waals surface area contributed by atoms with Crippen LogP contribution in [0.2, 0.25) is 0 Å². The van der Waals surface area contributed by atoms with E-state index >= 15 is 0 Å². The van der Waals surface area contributed by atoms with Crippen molar-refractivity contribution >= 4 is 11.6 Å². The van der Waals surface area contributed by atoms with Gasteiger partial charge in [-0.2, -0.15) is 0 Å². The van der Waals surface area contributed by atoms with E-state index in [0.29, 0.717) is 12.8 Å². The van der Waals surface area contributed by atoms with Crippen molar-refractivity contribution in [3.63, 3.8) is 0 Å². The van der Waals surface area contributed by atoms with Crippen LogP contribution < -0.4 is 5.32 Å². The van der Waals surface area contributed by atoms with Crippen molar-refractivity contribution in [3.05, 3.63) is 29.8 Å². The van der Waals surface area contributed by atoms with Crippen molar-refractivity contribution in [3.8, 4) is 0 Å². The zero-order chi connectivity index (χ0) is 12.7. The molecular formula is C12H15F2NO2. The molecule has 0 atom stereocenters. The Bertz CT molecular complexity index is 383. The molecule has 0 radical (unpaired) electrons. The minimum absolute atomic E-state index is 0.0152. The summed E-state index contributed by atoms with van der Waals surface area (Å²) >= 11 is 0. The lowest BCUT2D eigenvalue weighted by molar-refractivity contribution is -0.116. The standard InChI is InChI=1S/C12H15F2NO2/c13-9-5-6-11(10(14)8-9)15-12(17)4-2-1-3-7-16/h5-6,8,16H,1-4,7H2,(H,15,17). The van der Waals surface area contributed by atoms with Crippen LogP contribution in [0.1, 0.15) is 25.7 Å². The summed E-state index contributed by atoms with van der Waals surface area (Å²) in [5.41, 5.74) is -0.0152. The molecule has 0 aliphatic rings. The number of nitrogens with one attached hydrogen (secondary N) is 1. The Labute approximate surface area is 98.5 Å². The number of hydrogen-bond donors (Lipinski definition) is 2. The number of carbonyl (C=O) groups excluding carboxylic acids is 1. The van der Waals surface area contributed by atoms with Gasteiger partial charge in [-0.15, -0.1) is 0 Å². The summed E-state index contributed by atoms with van der Waals surface area (Å²) in [4.78, 5) is 11.4. The van der Waals surface area contributed by atoms with E-state index < -0.39 is 11.6 Å². The van der Waals surface area contributed by atoms with Gasteiger partial charge < -0.3 is 10.4 Å². The van der Waals surface area contributed by atoms with E-state index in [-0.39, 0.29) is 24.6 Å². The Morgan fingerprint density at radius 2 is 2.00 bits per heavy atom. The fourth-order valence-corrected chi connectivity index (χ4v) is 1.38. The van der Waals surface area contributed by atoms with E-state index in [2.05, 4.69) is 5.32 Å². The molecule has 94 valence electrons. The quantitative estimate of drug-likeness (QED) is 0.754. The molecule has 3 nitrogen and oxygen atoms in total. The predicted octanol–water partition coefficient (Wildman–Crippen LogP) is 2.46. The average molecular weight is 243 g/mol. The number of aliphatic hydroxyl groups is 1. The zero-order valence-electron chi connectivity index (χ0n) is 9.38. The Hall–Kier alpha value is -1.49. The number of anilines is 1.